The molecule has 18 heavy (non-hydrogen) atoms. The topological polar surface area (TPSA) is 52.7 Å². The van der Waals surface area contributed by atoms with Gasteiger partial charge in [-0.15, -0.1) is 12.4 Å². The van der Waals surface area contributed by atoms with Gasteiger partial charge in [-0.3, -0.25) is 9.59 Å². The Morgan fingerprint density at radius 1 is 1.33 bits per heavy atom. The quantitative estimate of drug-likeness (QED) is 0.814. The summed E-state index contributed by atoms with van der Waals surface area (Å²) in [5, 5.41) is 3.30. The zero-order valence-electron chi connectivity index (χ0n) is 11.4. The van der Waals surface area contributed by atoms with Gasteiger partial charge in [0.05, 0.1) is 0 Å². The fourth-order valence-electron chi connectivity index (χ4n) is 1.93. The maximum absolute atomic E-state index is 11.9. The highest BCUT2D eigenvalue weighted by Gasteiger charge is 2.20. The lowest BCUT2D eigenvalue weighted by atomic mass is 10.1. The number of hydrogen-bond acceptors (Lipinski definition) is 3. The largest absolute Gasteiger partial charge is 0.349 e. The third kappa shape index (κ3) is 5.69. The van der Waals surface area contributed by atoms with E-state index in [2.05, 4.69) is 12.2 Å². The Balaban J connectivity index is 0.00000289. The van der Waals surface area contributed by atoms with Gasteiger partial charge in [0.1, 0.15) is 0 Å². The van der Waals surface area contributed by atoms with E-state index in [1.807, 2.05) is 4.90 Å². The number of piperazine rings is 1. The van der Waals surface area contributed by atoms with Crippen LogP contribution in [0.1, 0.15) is 26.2 Å². The second-order valence-corrected chi connectivity index (χ2v) is 4.84. The first kappa shape index (κ1) is 17.2. The van der Waals surface area contributed by atoms with Crippen LogP contribution in [0, 0.1) is 0 Å². The summed E-state index contributed by atoms with van der Waals surface area (Å²) in [5.41, 5.74) is 0. The van der Waals surface area contributed by atoms with Crippen molar-refractivity contribution in [3.05, 3.63) is 0 Å². The van der Waals surface area contributed by atoms with Crippen LogP contribution in [0.4, 0.5) is 0 Å². The van der Waals surface area contributed by atoms with Gasteiger partial charge < -0.3 is 15.1 Å². The Bertz CT molecular complexity index is 284. The van der Waals surface area contributed by atoms with Crippen LogP contribution in [0.2, 0.25) is 0 Å². The molecule has 1 aliphatic rings. The summed E-state index contributed by atoms with van der Waals surface area (Å²) in [6, 6.07) is 0.371. The Kier molecular flexibility index (Phi) is 7.95. The molecule has 1 aliphatic heterocycles. The molecule has 1 rings (SSSR count). The number of nitrogens with one attached hydrogen (secondary N) is 1. The number of nitrogens with zero attached hydrogens (tertiary/aromatic N) is 2. The van der Waals surface area contributed by atoms with Crippen molar-refractivity contribution < 1.29 is 9.59 Å². The summed E-state index contributed by atoms with van der Waals surface area (Å²) in [6.07, 6.45) is 1.58. The van der Waals surface area contributed by atoms with Crippen molar-refractivity contribution in [2.75, 3.05) is 33.7 Å². The Labute approximate surface area is 115 Å². The van der Waals surface area contributed by atoms with E-state index >= 15 is 0 Å². The van der Waals surface area contributed by atoms with Crippen molar-refractivity contribution in [1.29, 1.82) is 0 Å². The molecular formula is C12H24ClN3O2. The van der Waals surface area contributed by atoms with Gasteiger partial charge in [0, 0.05) is 52.6 Å². The average molecular weight is 278 g/mol. The number of hydrogen-bond donors (Lipinski definition) is 1. The second kappa shape index (κ2) is 8.32. The molecule has 0 aromatic heterocycles. The lowest BCUT2D eigenvalue weighted by Gasteiger charge is -2.32. The van der Waals surface area contributed by atoms with Gasteiger partial charge in [0.15, 0.2) is 0 Å². The molecule has 6 heteroatoms. The molecule has 1 saturated heterocycles. The molecule has 106 valence electrons. The number of rotatable bonds is 4. The van der Waals surface area contributed by atoms with E-state index in [1.54, 1.807) is 19.0 Å². The highest BCUT2D eigenvalue weighted by Crippen LogP contribution is 2.05. The monoisotopic (exact) mass is 277 g/mol. The van der Waals surface area contributed by atoms with Crippen LogP contribution >= 0.6 is 12.4 Å². The summed E-state index contributed by atoms with van der Waals surface area (Å²) in [4.78, 5) is 26.7. The minimum Gasteiger partial charge on any atom is -0.349 e. The number of halogens is 1. The number of carbonyl (C=O) groups is 2. The van der Waals surface area contributed by atoms with E-state index in [4.69, 9.17) is 0 Å². The van der Waals surface area contributed by atoms with Crippen LogP contribution in [0.3, 0.4) is 0 Å². The van der Waals surface area contributed by atoms with Crippen LogP contribution < -0.4 is 5.32 Å². The standard InChI is InChI=1S/C12H23N3O2.ClH/c1-10-9-15(8-7-13-10)12(17)6-4-5-11(16)14(2)3;/h10,13H,4-9H2,1-3H3;1H. The number of carbonyl (C=O) groups excluding carboxylic acids is 2. The molecule has 0 aliphatic carbocycles. The van der Waals surface area contributed by atoms with Gasteiger partial charge in [-0.25, -0.2) is 0 Å². The van der Waals surface area contributed by atoms with Crippen LogP contribution in [0.25, 0.3) is 0 Å². The van der Waals surface area contributed by atoms with E-state index in [1.165, 1.54) is 0 Å². The predicted molar refractivity (Wildman–Crippen MR) is 73.8 cm³/mol. The smallest absolute Gasteiger partial charge is 0.222 e. The van der Waals surface area contributed by atoms with Crippen molar-refractivity contribution in [2.45, 2.75) is 32.2 Å². The van der Waals surface area contributed by atoms with Crippen LogP contribution in [-0.4, -0.2) is 61.4 Å². The van der Waals surface area contributed by atoms with E-state index < -0.39 is 0 Å². The molecule has 0 radical (unpaired) electrons. The van der Waals surface area contributed by atoms with Gasteiger partial charge in [-0.05, 0) is 13.3 Å². The maximum atomic E-state index is 11.9. The molecule has 0 aromatic rings. The molecule has 1 heterocycles. The fourth-order valence-corrected chi connectivity index (χ4v) is 1.93. The zero-order chi connectivity index (χ0) is 12.8. The van der Waals surface area contributed by atoms with Gasteiger partial charge in [-0.1, -0.05) is 0 Å². The third-order valence-electron chi connectivity index (χ3n) is 3.00. The van der Waals surface area contributed by atoms with E-state index in [9.17, 15) is 9.59 Å². The molecule has 0 aromatic carbocycles. The van der Waals surface area contributed by atoms with Crippen LogP contribution in [0.5, 0.6) is 0 Å². The van der Waals surface area contributed by atoms with Crippen LogP contribution in [-0.2, 0) is 9.59 Å². The van der Waals surface area contributed by atoms with Gasteiger partial charge in [0.25, 0.3) is 0 Å². The second-order valence-electron chi connectivity index (χ2n) is 4.84. The SMILES string of the molecule is CC1CN(C(=O)CCCC(=O)N(C)C)CCN1.Cl. The molecule has 0 saturated carbocycles. The number of amides is 2. The van der Waals surface area contributed by atoms with Gasteiger partial charge in [-0.2, -0.15) is 0 Å². The van der Waals surface area contributed by atoms with Gasteiger partial charge in [0.2, 0.25) is 11.8 Å². The maximum Gasteiger partial charge on any atom is 0.222 e. The minimum atomic E-state index is 0. The van der Waals surface area contributed by atoms with Crippen molar-refractivity contribution in [2.24, 2.45) is 0 Å². The van der Waals surface area contributed by atoms with Crippen molar-refractivity contribution in [1.82, 2.24) is 15.1 Å². The first-order valence-electron chi connectivity index (χ1n) is 6.22. The lowest BCUT2D eigenvalue weighted by molar-refractivity contribution is -0.133. The molecule has 0 bridgehead atoms. The van der Waals surface area contributed by atoms with Gasteiger partial charge >= 0.3 is 0 Å². The molecule has 0 spiro atoms. The Morgan fingerprint density at radius 3 is 2.56 bits per heavy atom. The molecule has 2 amide bonds. The highest BCUT2D eigenvalue weighted by atomic mass is 35.5. The van der Waals surface area contributed by atoms with Crippen molar-refractivity contribution in [3.8, 4) is 0 Å². The molecule has 5 nitrogen and oxygen atoms in total. The molecule has 1 unspecified atom stereocenters. The molecule has 1 fully saturated rings. The Morgan fingerprint density at radius 2 is 2.00 bits per heavy atom. The highest BCUT2D eigenvalue weighted by molar-refractivity contribution is 5.85. The average Bonchev–Trinajstić information content (AvgIpc) is 2.28. The fraction of sp³-hybridized carbons (Fsp3) is 0.833. The zero-order valence-corrected chi connectivity index (χ0v) is 12.3. The Hall–Kier alpha value is -0.810. The summed E-state index contributed by atoms with van der Waals surface area (Å²) >= 11 is 0. The lowest BCUT2D eigenvalue weighted by Crippen LogP contribution is -2.51. The predicted octanol–water partition coefficient (Wildman–Crippen LogP) is 0.487. The van der Waals surface area contributed by atoms with E-state index in [-0.39, 0.29) is 24.2 Å². The van der Waals surface area contributed by atoms with E-state index in [0.717, 1.165) is 19.6 Å². The molecule has 1 N–H and O–H groups in total. The molecular weight excluding hydrogens is 254 g/mol. The first-order valence-corrected chi connectivity index (χ1v) is 6.22. The van der Waals surface area contributed by atoms with E-state index in [0.29, 0.717) is 25.3 Å². The minimum absolute atomic E-state index is 0. The summed E-state index contributed by atoms with van der Waals surface area (Å²) in [5.74, 6) is 0.261. The van der Waals surface area contributed by atoms with Crippen molar-refractivity contribution >= 4 is 24.2 Å². The first-order chi connectivity index (χ1) is 8.00. The van der Waals surface area contributed by atoms with Crippen LogP contribution in [0.15, 0.2) is 0 Å². The molecule has 1 atom stereocenters. The summed E-state index contributed by atoms with van der Waals surface area (Å²) in [7, 11) is 3.48. The summed E-state index contributed by atoms with van der Waals surface area (Å²) in [6.45, 7) is 4.50. The van der Waals surface area contributed by atoms with Crippen molar-refractivity contribution in [3.63, 3.8) is 0 Å². The summed E-state index contributed by atoms with van der Waals surface area (Å²) < 4.78 is 0. The normalized spacial score (nSPS) is 19.1. The third-order valence-corrected chi connectivity index (χ3v) is 3.00.